The molecule has 142 valence electrons. The van der Waals surface area contributed by atoms with E-state index in [9.17, 15) is 4.79 Å². The van der Waals surface area contributed by atoms with Crippen molar-refractivity contribution in [2.75, 3.05) is 13.1 Å². The van der Waals surface area contributed by atoms with Crippen LogP contribution in [0.25, 0.3) is 5.65 Å². The summed E-state index contributed by atoms with van der Waals surface area (Å²) in [5.41, 5.74) is 5.14. The number of rotatable bonds is 5. The zero-order valence-corrected chi connectivity index (χ0v) is 16.7. The van der Waals surface area contributed by atoms with Gasteiger partial charge in [-0.15, -0.1) is 0 Å². The fourth-order valence-electron chi connectivity index (χ4n) is 4.30. The number of carbonyl (C=O) groups is 1. The highest BCUT2D eigenvalue weighted by molar-refractivity contribution is 5.76. The molecule has 0 radical (unpaired) electrons. The second-order valence-corrected chi connectivity index (χ2v) is 7.78. The van der Waals surface area contributed by atoms with Crippen LogP contribution < -0.4 is 0 Å². The second kappa shape index (κ2) is 8.19. The molecule has 0 aromatic carbocycles. The monoisotopic (exact) mass is 356 g/mol. The van der Waals surface area contributed by atoms with Crippen LogP contribution in [0, 0.1) is 26.7 Å². The molecule has 0 spiro atoms. The molecule has 0 saturated carbocycles. The van der Waals surface area contributed by atoms with Gasteiger partial charge in [-0.3, -0.25) is 4.79 Å². The molecule has 5 nitrogen and oxygen atoms in total. The first-order chi connectivity index (χ1) is 12.5. The van der Waals surface area contributed by atoms with Crippen LogP contribution in [0.3, 0.4) is 0 Å². The summed E-state index contributed by atoms with van der Waals surface area (Å²) in [7, 11) is 0. The Morgan fingerprint density at radius 3 is 2.81 bits per heavy atom. The summed E-state index contributed by atoms with van der Waals surface area (Å²) in [5.74, 6) is 1.09. The molecule has 0 aliphatic carbocycles. The van der Waals surface area contributed by atoms with E-state index in [4.69, 9.17) is 0 Å². The maximum atomic E-state index is 12.8. The Morgan fingerprint density at radius 2 is 2.04 bits per heavy atom. The standard InChI is InChI=1S/C21H32N4O/c1-5-7-18-8-6-12-24(13-11-18)21(26)10-9-19-16(3)22-20-14-15(2)23-25(20)17(19)4/h14,18H,5-13H2,1-4H3. The van der Waals surface area contributed by atoms with Gasteiger partial charge in [0.2, 0.25) is 5.91 Å². The third kappa shape index (κ3) is 4.08. The summed E-state index contributed by atoms with van der Waals surface area (Å²) in [6.45, 7) is 10.2. The van der Waals surface area contributed by atoms with Crippen molar-refractivity contribution >= 4 is 11.6 Å². The van der Waals surface area contributed by atoms with Crippen molar-refractivity contribution in [1.82, 2.24) is 19.5 Å². The van der Waals surface area contributed by atoms with Gasteiger partial charge >= 0.3 is 0 Å². The number of hydrogen-bond acceptors (Lipinski definition) is 3. The highest BCUT2D eigenvalue weighted by Gasteiger charge is 2.21. The first-order valence-electron chi connectivity index (χ1n) is 10.1. The highest BCUT2D eigenvalue weighted by atomic mass is 16.2. The number of aryl methyl sites for hydroxylation is 3. The van der Waals surface area contributed by atoms with Crippen molar-refractivity contribution < 1.29 is 4.79 Å². The molecule has 1 fully saturated rings. The number of aromatic nitrogens is 3. The SMILES string of the molecule is CCCC1CCCN(C(=O)CCc2c(C)nc3cc(C)nn3c2C)CC1. The van der Waals surface area contributed by atoms with Crippen LogP contribution >= 0.6 is 0 Å². The van der Waals surface area contributed by atoms with Crippen molar-refractivity contribution in [3.8, 4) is 0 Å². The second-order valence-electron chi connectivity index (χ2n) is 7.78. The lowest BCUT2D eigenvalue weighted by atomic mass is 9.96. The van der Waals surface area contributed by atoms with Crippen LogP contribution in [0.1, 0.15) is 68.1 Å². The summed E-state index contributed by atoms with van der Waals surface area (Å²) in [6.07, 6.45) is 7.44. The molecule has 3 rings (SSSR count). The fourth-order valence-corrected chi connectivity index (χ4v) is 4.30. The van der Waals surface area contributed by atoms with Crippen molar-refractivity contribution in [1.29, 1.82) is 0 Å². The molecule has 1 saturated heterocycles. The topological polar surface area (TPSA) is 50.5 Å². The minimum Gasteiger partial charge on any atom is -0.343 e. The van der Waals surface area contributed by atoms with E-state index in [1.165, 1.54) is 19.3 Å². The molecule has 1 unspecified atom stereocenters. The van der Waals surface area contributed by atoms with Crippen LogP contribution in [0.4, 0.5) is 0 Å². The number of hydrogen-bond donors (Lipinski definition) is 0. The lowest BCUT2D eigenvalue weighted by Gasteiger charge is -2.21. The van der Waals surface area contributed by atoms with Crippen LogP contribution in [-0.4, -0.2) is 38.5 Å². The molecule has 1 amide bonds. The lowest BCUT2D eigenvalue weighted by Crippen LogP contribution is -2.32. The van der Waals surface area contributed by atoms with Gasteiger partial charge < -0.3 is 4.90 Å². The van der Waals surface area contributed by atoms with Gasteiger partial charge in [0.1, 0.15) is 0 Å². The number of nitrogens with zero attached hydrogens (tertiary/aromatic N) is 4. The van der Waals surface area contributed by atoms with Gasteiger partial charge in [0, 0.05) is 37.0 Å². The largest absolute Gasteiger partial charge is 0.343 e. The summed E-state index contributed by atoms with van der Waals surface area (Å²) in [4.78, 5) is 19.5. The molecule has 0 bridgehead atoms. The van der Waals surface area contributed by atoms with E-state index in [1.54, 1.807) is 0 Å². The quantitative estimate of drug-likeness (QED) is 0.813. The van der Waals surface area contributed by atoms with Crippen LogP contribution in [0.2, 0.25) is 0 Å². The average Bonchev–Trinajstić information content (AvgIpc) is 2.82. The molecule has 0 N–H and O–H groups in total. The Balaban J connectivity index is 1.65. The minimum atomic E-state index is 0.290. The Kier molecular flexibility index (Phi) is 5.94. The predicted octanol–water partition coefficient (Wildman–Crippen LogP) is 4.02. The van der Waals surface area contributed by atoms with Crippen molar-refractivity contribution in [3.05, 3.63) is 28.7 Å². The van der Waals surface area contributed by atoms with Gasteiger partial charge in [0.25, 0.3) is 0 Å². The number of amides is 1. The van der Waals surface area contributed by atoms with E-state index in [1.807, 2.05) is 24.4 Å². The van der Waals surface area contributed by atoms with E-state index in [0.717, 1.165) is 66.6 Å². The van der Waals surface area contributed by atoms with Crippen molar-refractivity contribution in [3.63, 3.8) is 0 Å². The molecule has 3 heterocycles. The molecule has 1 atom stereocenters. The molecule has 26 heavy (non-hydrogen) atoms. The lowest BCUT2D eigenvalue weighted by molar-refractivity contribution is -0.131. The van der Waals surface area contributed by atoms with Crippen LogP contribution in [-0.2, 0) is 11.2 Å². The van der Waals surface area contributed by atoms with E-state index in [-0.39, 0.29) is 5.91 Å². The molecule has 1 aliphatic rings. The Hall–Kier alpha value is -1.91. The number of carbonyl (C=O) groups excluding carboxylic acids is 1. The maximum Gasteiger partial charge on any atom is 0.222 e. The number of fused-ring (bicyclic) bond motifs is 1. The third-order valence-corrected chi connectivity index (χ3v) is 5.77. The van der Waals surface area contributed by atoms with Gasteiger partial charge in [-0.05, 0) is 57.9 Å². The first kappa shape index (κ1) is 18.9. The minimum absolute atomic E-state index is 0.290. The van der Waals surface area contributed by atoms with Crippen LogP contribution in [0.5, 0.6) is 0 Å². The fraction of sp³-hybridized carbons (Fsp3) is 0.667. The van der Waals surface area contributed by atoms with Gasteiger partial charge in [0.15, 0.2) is 5.65 Å². The summed E-state index contributed by atoms with van der Waals surface area (Å²) in [6, 6.07) is 2.00. The smallest absolute Gasteiger partial charge is 0.222 e. The van der Waals surface area contributed by atoms with Crippen LogP contribution in [0.15, 0.2) is 6.07 Å². The normalized spacial score (nSPS) is 18.3. The molecular weight excluding hydrogens is 324 g/mol. The first-order valence-corrected chi connectivity index (χ1v) is 10.1. The zero-order chi connectivity index (χ0) is 18.7. The summed E-state index contributed by atoms with van der Waals surface area (Å²) in [5, 5.41) is 4.53. The predicted molar refractivity (Wildman–Crippen MR) is 104 cm³/mol. The van der Waals surface area contributed by atoms with Gasteiger partial charge in [-0.25, -0.2) is 9.50 Å². The molecular formula is C21H32N4O. The molecule has 2 aromatic rings. The number of likely N-dealkylation sites (tertiary alicyclic amines) is 1. The molecule has 2 aromatic heterocycles. The van der Waals surface area contributed by atoms with E-state index in [0.29, 0.717) is 6.42 Å². The zero-order valence-electron chi connectivity index (χ0n) is 16.7. The van der Waals surface area contributed by atoms with Crippen molar-refractivity contribution in [2.24, 2.45) is 5.92 Å². The van der Waals surface area contributed by atoms with E-state index >= 15 is 0 Å². The van der Waals surface area contributed by atoms with Crippen molar-refractivity contribution in [2.45, 2.75) is 72.6 Å². The maximum absolute atomic E-state index is 12.8. The Labute approximate surface area is 156 Å². The van der Waals surface area contributed by atoms with E-state index in [2.05, 4.69) is 28.8 Å². The summed E-state index contributed by atoms with van der Waals surface area (Å²) >= 11 is 0. The van der Waals surface area contributed by atoms with Gasteiger partial charge in [-0.2, -0.15) is 5.10 Å². The molecule has 1 aliphatic heterocycles. The summed E-state index contributed by atoms with van der Waals surface area (Å²) < 4.78 is 1.91. The average molecular weight is 357 g/mol. The van der Waals surface area contributed by atoms with Gasteiger partial charge in [-0.1, -0.05) is 19.8 Å². The third-order valence-electron chi connectivity index (χ3n) is 5.77. The highest BCUT2D eigenvalue weighted by Crippen LogP contribution is 2.23. The Morgan fingerprint density at radius 1 is 1.23 bits per heavy atom. The Bertz CT molecular complexity index is 780. The van der Waals surface area contributed by atoms with E-state index < -0.39 is 0 Å². The molecule has 5 heteroatoms. The van der Waals surface area contributed by atoms with Gasteiger partial charge in [0.05, 0.1) is 5.69 Å².